The van der Waals surface area contributed by atoms with Crippen molar-refractivity contribution in [3.8, 4) is 22.6 Å². The summed E-state index contributed by atoms with van der Waals surface area (Å²) in [5.41, 5.74) is 7.01. The van der Waals surface area contributed by atoms with Gasteiger partial charge in [-0.05, 0) is 54.4 Å². The van der Waals surface area contributed by atoms with E-state index in [2.05, 4.69) is 10.9 Å². The molecular weight excluding hydrogens is 424 g/mol. The Morgan fingerprint density at radius 2 is 1.15 bits per heavy atom. The molecule has 0 saturated heterocycles. The van der Waals surface area contributed by atoms with Crippen LogP contribution in [0, 0.1) is 0 Å². The average molecular weight is 448 g/mol. The van der Waals surface area contributed by atoms with Crippen molar-refractivity contribution in [2.45, 2.75) is 6.92 Å². The van der Waals surface area contributed by atoms with Crippen molar-refractivity contribution < 1.29 is 28.6 Å². The molecule has 3 aromatic rings. The van der Waals surface area contributed by atoms with Gasteiger partial charge in [-0.2, -0.15) is 0 Å². The number of ether oxygens (including phenoxy) is 3. The van der Waals surface area contributed by atoms with Crippen molar-refractivity contribution in [1.82, 2.24) is 10.9 Å². The first-order valence-corrected chi connectivity index (χ1v) is 10.3. The molecule has 0 fully saturated rings. The standard InChI is InChI=1S/C25H24N2O6/c1-2-31-25(30)20-10-14-22(15-11-20)33-17-24(29)27-26-23(28)16-32-21-12-8-19(9-13-21)18-6-4-3-5-7-18/h3-15H,2,16-17H2,1H3,(H,26,28)(H,27,29). The zero-order chi connectivity index (χ0) is 23.5. The third-order valence-corrected chi connectivity index (χ3v) is 4.41. The first kappa shape index (κ1) is 23.3. The van der Waals surface area contributed by atoms with Crippen molar-refractivity contribution in [1.29, 1.82) is 0 Å². The maximum absolute atomic E-state index is 11.9. The molecule has 3 rings (SSSR count). The topological polar surface area (TPSA) is 103 Å². The van der Waals surface area contributed by atoms with Gasteiger partial charge < -0.3 is 14.2 Å². The number of nitrogens with one attached hydrogen (secondary N) is 2. The molecule has 170 valence electrons. The van der Waals surface area contributed by atoms with Crippen LogP contribution < -0.4 is 20.3 Å². The Balaban J connectivity index is 1.35. The molecule has 0 aliphatic heterocycles. The molecule has 0 aromatic heterocycles. The Labute approximate surface area is 191 Å². The van der Waals surface area contributed by atoms with Gasteiger partial charge in [0.25, 0.3) is 11.8 Å². The highest BCUT2D eigenvalue weighted by Crippen LogP contribution is 2.22. The molecule has 0 heterocycles. The van der Waals surface area contributed by atoms with Crippen molar-refractivity contribution in [2.24, 2.45) is 0 Å². The number of carbonyl (C=O) groups is 3. The van der Waals surface area contributed by atoms with Crippen LogP contribution in [0.3, 0.4) is 0 Å². The fourth-order valence-electron chi connectivity index (χ4n) is 2.79. The second-order valence-corrected chi connectivity index (χ2v) is 6.81. The van der Waals surface area contributed by atoms with Crippen LogP contribution in [0.25, 0.3) is 11.1 Å². The molecule has 0 saturated carbocycles. The fourth-order valence-corrected chi connectivity index (χ4v) is 2.79. The van der Waals surface area contributed by atoms with Crippen LogP contribution in [0.1, 0.15) is 17.3 Å². The van der Waals surface area contributed by atoms with Crippen LogP contribution in [-0.4, -0.2) is 37.6 Å². The van der Waals surface area contributed by atoms with E-state index in [4.69, 9.17) is 14.2 Å². The Kier molecular flexibility index (Phi) is 8.41. The molecule has 8 nitrogen and oxygen atoms in total. The van der Waals surface area contributed by atoms with Gasteiger partial charge in [0.05, 0.1) is 12.2 Å². The molecular formula is C25H24N2O6. The summed E-state index contributed by atoms with van der Waals surface area (Å²) in [5, 5.41) is 0. The highest BCUT2D eigenvalue weighted by Gasteiger charge is 2.09. The van der Waals surface area contributed by atoms with Gasteiger partial charge in [0.2, 0.25) is 0 Å². The highest BCUT2D eigenvalue weighted by molar-refractivity contribution is 5.89. The Hall–Kier alpha value is -4.33. The maximum atomic E-state index is 11.9. The van der Waals surface area contributed by atoms with E-state index in [1.165, 1.54) is 12.1 Å². The molecule has 0 unspecified atom stereocenters. The lowest BCUT2D eigenvalue weighted by Crippen LogP contribution is -2.45. The molecule has 0 spiro atoms. The molecule has 0 radical (unpaired) electrons. The molecule has 2 amide bonds. The number of hydrazine groups is 1. The number of carbonyl (C=O) groups excluding carboxylic acids is 3. The van der Waals surface area contributed by atoms with E-state index in [9.17, 15) is 14.4 Å². The van der Waals surface area contributed by atoms with Crippen LogP contribution in [0.5, 0.6) is 11.5 Å². The number of esters is 1. The van der Waals surface area contributed by atoms with Gasteiger partial charge >= 0.3 is 5.97 Å². The summed E-state index contributed by atoms with van der Waals surface area (Å²) in [6, 6.07) is 23.4. The normalized spacial score (nSPS) is 10.1. The van der Waals surface area contributed by atoms with Crippen LogP contribution in [0.2, 0.25) is 0 Å². The monoisotopic (exact) mass is 448 g/mol. The minimum absolute atomic E-state index is 0.263. The van der Waals surface area contributed by atoms with Crippen LogP contribution in [0.4, 0.5) is 0 Å². The average Bonchev–Trinajstić information content (AvgIpc) is 2.86. The van der Waals surface area contributed by atoms with Gasteiger partial charge in [0, 0.05) is 0 Å². The quantitative estimate of drug-likeness (QED) is 0.385. The molecule has 0 aliphatic carbocycles. The lowest BCUT2D eigenvalue weighted by molar-refractivity contribution is -0.131. The van der Waals surface area contributed by atoms with Gasteiger partial charge in [-0.3, -0.25) is 20.4 Å². The Morgan fingerprint density at radius 1 is 0.667 bits per heavy atom. The molecule has 0 bridgehead atoms. The van der Waals surface area contributed by atoms with Crippen LogP contribution in [-0.2, 0) is 14.3 Å². The molecule has 33 heavy (non-hydrogen) atoms. The van der Waals surface area contributed by atoms with E-state index in [0.29, 0.717) is 17.1 Å². The summed E-state index contributed by atoms with van der Waals surface area (Å²) < 4.78 is 15.7. The third-order valence-electron chi connectivity index (χ3n) is 4.41. The van der Waals surface area contributed by atoms with Gasteiger partial charge in [-0.15, -0.1) is 0 Å². The number of amides is 2. The van der Waals surface area contributed by atoms with E-state index in [1.807, 2.05) is 42.5 Å². The maximum Gasteiger partial charge on any atom is 0.338 e. The minimum atomic E-state index is -0.551. The zero-order valence-electron chi connectivity index (χ0n) is 18.1. The predicted molar refractivity (Wildman–Crippen MR) is 122 cm³/mol. The lowest BCUT2D eigenvalue weighted by Gasteiger charge is -2.10. The molecule has 8 heteroatoms. The Bertz CT molecular complexity index is 1070. The summed E-state index contributed by atoms with van der Waals surface area (Å²) >= 11 is 0. The van der Waals surface area contributed by atoms with Gasteiger partial charge in [0.1, 0.15) is 11.5 Å². The van der Waals surface area contributed by atoms with Gasteiger partial charge in [-0.25, -0.2) is 4.79 Å². The number of hydrogen-bond donors (Lipinski definition) is 2. The summed E-state index contributed by atoms with van der Waals surface area (Å²) in [7, 11) is 0. The predicted octanol–water partition coefficient (Wildman–Crippen LogP) is 3.14. The Morgan fingerprint density at radius 3 is 1.67 bits per heavy atom. The lowest BCUT2D eigenvalue weighted by atomic mass is 10.1. The van der Waals surface area contributed by atoms with E-state index in [1.54, 1.807) is 31.2 Å². The zero-order valence-corrected chi connectivity index (χ0v) is 18.1. The van der Waals surface area contributed by atoms with E-state index in [0.717, 1.165) is 11.1 Å². The van der Waals surface area contributed by atoms with E-state index < -0.39 is 17.8 Å². The van der Waals surface area contributed by atoms with E-state index in [-0.39, 0.29) is 19.8 Å². The second-order valence-electron chi connectivity index (χ2n) is 6.81. The van der Waals surface area contributed by atoms with Crippen LogP contribution in [0.15, 0.2) is 78.9 Å². The first-order chi connectivity index (χ1) is 16.0. The summed E-state index contributed by atoms with van der Waals surface area (Å²) in [5.74, 6) is -0.573. The smallest absolute Gasteiger partial charge is 0.338 e. The largest absolute Gasteiger partial charge is 0.484 e. The van der Waals surface area contributed by atoms with Gasteiger partial charge in [0.15, 0.2) is 13.2 Å². The molecule has 3 aromatic carbocycles. The molecule has 2 N–H and O–H groups in total. The van der Waals surface area contributed by atoms with Gasteiger partial charge in [-0.1, -0.05) is 42.5 Å². The van der Waals surface area contributed by atoms with Crippen molar-refractivity contribution in [3.05, 3.63) is 84.4 Å². The number of benzene rings is 3. The number of rotatable bonds is 9. The summed E-state index contributed by atoms with van der Waals surface area (Å²) in [6.45, 7) is 1.43. The number of hydrogen-bond acceptors (Lipinski definition) is 6. The first-order valence-electron chi connectivity index (χ1n) is 10.3. The minimum Gasteiger partial charge on any atom is -0.484 e. The van der Waals surface area contributed by atoms with Crippen LogP contribution >= 0.6 is 0 Å². The van der Waals surface area contributed by atoms with Crippen molar-refractivity contribution >= 4 is 17.8 Å². The second kappa shape index (κ2) is 11.9. The fraction of sp³-hybridized carbons (Fsp3) is 0.160. The molecule has 0 atom stereocenters. The highest BCUT2D eigenvalue weighted by atomic mass is 16.5. The summed E-state index contributed by atoms with van der Waals surface area (Å²) in [6.07, 6.45) is 0. The molecule has 0 aliphatic rings. The van der Waals surface area contributed by atoms with Crippen molar-refractivity contribution in [3.63, 3.8) is 0 Å². The third kappa shape index (κ3) is 7.39. The summed E-state index contributed by atoms with van der Waals surface area (Å²) in [4.78, 5) is 35.4. The van der Waals surface area contributed by atoms with Crippen molar-refractivity contribution in [2.75, 3.05) is 19.8 Å². The van der Waals surface area contributed by atoms with E-state index >= 15 is 0 Å². The SMILES string of the molecule is CCOC(=O)c1ccc(OCC(=O)NNC(=O)COc2ccc(-c3ccccc3)cc2)cc1.